The summed E-state index contributed by atoms with van der Waals surface area (Å²) in [7, 11) is 0. The monoisotopic (exact) mass is 498 g/mol. The average molecular weight is 499 g/mol. The maximum Gasteiger partial charge on any atom is 0.410 e. The van der Waals surface area contributed by atoms with Crippen LogP contribution in [0.25, 0.3) is 11.3 Å². The number of fused-ring (bicyclic) bond motifs is 3. The third-order valence-electron chi connectivity index (χ3n) is 6.76. The van der Waals surface area contributed by atoms with Crippen LogP contribution in [0, 0.1) is 5.92 Å². The topological polar surface area (TPSA) is 76.9 Å². The van der Waals surface area contributed by atoms with Gasteiger partial charge >= 0.3 is 6.09 Å². The molecular formula is C26H34N4O4S. The number of aromatic nitrogens is 2. The van der Waals surface area contributed by atoms with Gasteiger partial charge in [-0.05, 0) is 45.6 Å². The quantitative estimate of drug-likeness (QED) is 0.629. The van der Waals surface area contributed by atoms with E-state index < -0.39 is 5.60 Å². The van der Waals surface area contributed by atoms with Gasteiger partial charge < -0.3 is 19.3 Å². The molecule has 0 unspecified atom stereocenters. The second-order valence-corrected chi connectivity index (χ2v) is 11.5. The maximum atomic E-state index is 13.4. The van der Waals surface area contributed by atoms with Crippen molar-refractivity contribution in [3.8, 4) is 11.3 Å². The van der Waals surface area contributed by atoms with Crippen molar-refractivity contribution < 1.29 is 19.1 Å². The molecule has 1 aromatic carbocycles. The highest BCUT2D eigenvalue weighted by molar-refractivity contribution is 7.98. The van der Waals surface area contributed by atoms with Crippen LogP contribution in [0.2, 0.25) is 0 Å². The first kappa shape index (κ1) is 24.2. The number of piperidine rings is 1. The molecule has 2 fully saturated rings. The first-order valence-corrected chi connectivity index (χ1v) is 13.5. The van der Waals surface area contributed by atoms with Crippen LogP contribution >= 0.6 is 11.8 Å². The molecule has 0 N–H and O–H groups in total. The molecule has 5 rings (SSSR count). The summed E-state index contributed by atoms with van der Waals surface area (Å²) in [6.45, 7) is 10.1. The molecule has 35 heavy (non-hydrogen) atoms. The summed E-state index contributed by atoms with van der Waals surface area (Å²) in [6, 6.07) is 8.38. The first-order chi connectivity index (χ1) is 16.8. The molecule has 0 aliphatic carbocycles. The maximum absolute atomic E-state index is 13.4. The number of benzene rings is 1. The minimum atomic E-state index is -0.489. The summed E-state index contributed by atoms with van der Waals surface area (Å²) in [5.41, 5.74) is 3.35. The second kappa shape index (κ2) is 9.85. The van der Waals surface area contributed by atoms with E-state index in [1.165, 1.54) is 4.90 Å². The molecule has 0 spiro atoms. The van der Waals surface area contributed by atoms with Gasteiger partial charge in [0.2, 0.25) is 0 Å². The van der Waals surface area contributed by atoms with Crippen molar-refractivity contribution in [2.45, 2.75) is 56.4 Å². The fourth-order valence-electron chi connectivity index (χ4n) is 4.96. The van der Waals surface area contributed by atoms with Gasteiger partial charge in [-0.15, -0.1) is 11.8 Å². The molecule has 2 saturated heterocycles. The van der Waals surface area contributed by atoms with E-state index in [2.05, 4.69) is 28.9 Å². The molecule has 0 atom stereocenters. The summed E-state index contributed by atoms with van der Waals surface area (Å²) >= 11 is 1.77. The third-order valence-corrected chi connectivity index (χ3v) is 7.86. The normalized spacial score (nSPS) is 18.7. The van der Waals surface area contributed by atoms with Crippen molar-refractivity contribution in [2.24, 2.45) is 5.92 Å². The molecule has 2 aromatic rings. The molecule has 1 aromatic heterocycles. The van der Waals surface area contributed by atoms with Gasteiger partial charge in [-0.3, -0.25) is 9.48 Å². The van der Waals surface area contributed by atoms with Crippen LogP contribution in [0.15, 0.2) is 29.2 Å². The van der Waals surface area contributed by atoms with E-state index in [0.717, 1.165) is 42.0 Å². The number of hydrogen-bond donors (Lipinski definition) is 0. The zero-order chi connectivity index (χ0) is 24.6. The number of likely N-dealkylation sites (tertiary alicyclic amines) is 1. The summed E-state index contributed by atoms with van der Waals surface area (Å²) < 4.78 is 13.1. The Morgan fingerprint density at radius 1 is 1.09 bits per heavy atom. The van der Waals surface area contributed by atoms with Crippen LogP contribution in [0.3, 0.4) is 0 Å². The van der Waals surface area contributed by atoms with Crippen molar-refractivity contribution in [2.75, 3.05) is 39.4 Å². The van der Waals surface area contributed by atoms with Gasteiger partial charge in [0, 0.05) is 54.5 Å². The number of nitrogens with zero attached hydrogens (tertiary/aromatic N) is 4. The number of carbonyl (C=O) groups is 2. The Bertz CT molecular complexity index is 1100. The zero-order valence-corrected chi connectivity index (χ0v) is 21.6. The molecule has 4 heterocycles. The smallest absolute Gasteiger partial charge is 0.410 e. The van der Waals surface area contributed by atoms with Gasteiger partial charge in [-0.2, -0.15) is 5.10 Å². The summed E-state index contributed by atoms with van der Waals surface area (Å²) in [5.74, 6) is 1.13. The molecule has 0 bridgehead atoms. The number of rotatable bonds is 3. The van der Waals surface area contributed by atoms with Crippen molar-refractivity contribution in [1.29, 1.82) is 0 Å². The number of carbonyl (C=O) groups excluding carboxylic acids is 2. The number of hydrogen-bond acceptors (Lipinski definition) is 6. The highest BCUT2D eigenvalue weighted by Gasteiger charge is 2.33. The third kappa shape index (κ3) is 5.21. The van der Waals surface area contributed by atoms with Gasteiger partial charge in [-0.25, -0.2) is 4.79 Å². The SMILES string of the molecule is CC(C)(C)OC(=O)N1CCC(Cn2nc(C(=O)N3CCOCC3)c3c2-c2ccccc2SC3)CC1. The Labute approximate surface area is 210 Å². The first-order valence-electron chi connectivity index (χ1n) is 12.5. The lowest BCUT2D eigenvalue weighted by molar-refractivity contribution is 0.0176. The fourth-order valence-corrected chi connectivity index (χ4v) is 6.03. The standard InChI is InChI=1S/C26H34N4O4S/c1-26(2,3)34-25(32)29-10-8-18(9-11-29)16-30-23-19-6-4-5-7-21(19)35-17-20(23)22(27-30)24(31)28-12-14-33-15-13-28/h4-7,18H,8-17H2,1-3H3. The largest absolute Gasteiger partial charge is 0.444 e. The van der Waals surface area contributed by atoms with E-state index >= 15 is 0 Å². The number of amides is 2. The predicted octanol–water partition coefficient (Wildman–Crippen LogP) is 4.28. The average Bonchev–Trinajstić information content (AvgIpc) is 3.22. The lowest BCUT2D eigenvalue weighted by Gasteiger charge is -2.33. The highest BCUT2D eigenvalue weighted by atomic mass is 32.2. The molecule has 2 amide bonds. The van der Waals surface area contributed by atoms with Crippen LogP contribution in [-0.2, 0) is 21.8 Å². The number of ether oxygens (including phenoxy) is 2. The Kier molecular flexibility index (Phi) is 6.81. The van der Waals surface area contributed by atoms with Gasteiger partial charge in [-0.1, -0.05) is 18.2 Å². The zero-order valence-electron chi connectivity index (χ0n) is 20.8. The van der Waals surface area contributed by atoms with Crippen LogP contribution in [-0.4, -0.2) is 76.6 Å². The molecule has 188 valence electrons. The molecular weight excluding hydrogens is 464 g/mol. The summed E-state index contributed by atoms with van der Waals surface area (Å²) in [4.78, 5) is 30.8. The lowest BCUT2D eigenvalue weighted by Crippen LogP contribution is -2.42. The molecule has 3 aliphatic rings. The van der Waals surface area contributed by atoms with E-state index in [-0.39, 0.29) is 12.0 Å². The molecule has 0 radical (unpaired) electrons. The predicted molar refractivity (Wildman–Crippen MR) is 134 cm³/mol. The summed E-state index contributed by atoms with van der Waals surface area (Å²) in [5, 5.41) is 4.93. The van der Waals surface area contributed by atoms with Crippen molar-refractivity contribution >= 4 is 23.8 Å². The van der Waals surface area contributed by atoms with Crippen LogP contribution in [0.4, 0.5) is 4.79 Å². The minimum absolute atomic E-state index is 0.00280. The lowest BCUT2D eigenvalue weighted by atomic mass is 9.96. The Balaban J connectivity index is 1.37. The van der Waals surface area contributed by atoms with Gasteiger partial charge in [0.25, 0.3) is 5.91 Å². The van der Waals surface area contributed by atoms with E-state index in [1.807, 2.05) is 25.7 Å². The minimum Gasteiger partial charge on any atom is -0.444 e. The number of thioether (sulfide) groups is 1. The molecule has 3 aliphatic heterocycles. The van der Waals surface area contributed by atoms with Gasteiger partial charge in [0.1, 0.15) is 5.60 Å². The van der Waals surface area contributed by atoms with Crippen LogP contribution in [0.5, 0.6) is 0 Å². The molecule has 9 heteroatoms. The van der Waals surface area contributed by atoms with Crippen molar-refractivity contribution in [1.82, 2.24) is 19.6 Å². The van der Waals surface area contributed by atoms with E-state index in [1.54, 1.807) is 16.7 Å². The Morgan fingerprint density at radius 3 is 2.51 bits per heavy atom. The van der Waals surface area contributed by atoms with E-state index in [0.29, 0.717) is 51.0 Å². The van der Waals surface area contributed by atoms with E-state index in [4.69, 9.17) is 14.6 Å². The van der Waals surface area contributed by atoms with Crippen LogP contribution in [0.1, 0.15) is 49.7 Å². The van der Waals surface area contributed by atoms with E-state index in [9.17, 15) is 9.59 Å². The Hall–Kier alpha value is -2.52. The Morgan fingerprint density at radius 2 is 1.80 bits per heavy atom. The van der Waals surface area contributed by atoms with Crippen LogP contribution < -0.4 is 0 Å². The molecule has 8 nitrogen and oxygen atoms in total. The highest BCUT2D eigenvalue weighted by Crippen LogP contribution is 2.43. The molecule has 0 saturated carbocycles. The van der Waals surface area contributed by atoms with Crippen molar-refractivity contribution in [3.63, 3.8) is 0 Å². The van der Waals surface area contributed by atoms with Gasteiger partial charge in [0.15, 0.2) is 5.69 Å². The van der Waals surface area contributed by atoms with Gasteiger partial charge in [0.05, 0.1) is 18.9 Å². The fraction of sp³-hybridized carbons (Fsp3) is 0.577. The van der Waals surface area contributed by atoms with Crippen molar-refractivity contribution in [3.05, 3.63) is 35.5 Å². The summed E-state index contributed by atoms with van der Waals surface area (Å²) in [6.07, 6.45) is 1.53. The second-order valence-electron chi connectivity index (χ2n) is 10.5. The number of morpholine rings is 1.